The summed E-state index contributed by atoms with van der Waals surface area (Å²) in [6, 6.07) is 0. The van der Waals surface area contributed by atoms with Gasteiger partial charge in [0.05, 0.1) is 6.61 Å². The van der Waals surface area contributed by atoms with Crippen LogP contribution in [-0.2, 0) is 4.74 Å². The summed E-state index contributed by atoms with van der Waals surface area (Å²) in [6.07, 6.45) is 3.12. The largest absolute Gasteiger partial charge is 0.447 e. The minimum Gasteiger partial charge on any atom is -0.447 e. The molecule has 1 aliphatic rings. The van der Waals surface area contributed by atoms with E-state index in [1.165, 1.54) is 12.8 Å². The molecule has 0 bridgehead atoms. The fourth-order valence-corrected chi connectivity index (χ4v) is 1.36. The van der Waals surface area contributed by atoms with Gasteiger partial charge in [-0.1, -0.05) is 6.92 Å². The zero-order chi connectivity index (χ0) is 10.4. The van der Waals surface area contributed by atoms with Gasteiger partial charge in [0.15, 0.2) is 0 Å². The highest BCUT2D eigenvalue weighted by Crippen LogP contribution is 2.29. The second-order valence-corrected chi connectivity index (χ2v) is 3.73. The predicted octanol–water partition coefficient (Wildman–Crippen LogP) is 1.24. The molecule has 1 amide bonds. The van der Waals surface area contributed by atoms with E-state index in [4.69, 9.17) is 9.84 Å². The van der Waals surface area contributed by atoms with Crippen molar-refractivity contribution in [1.29, 1.82) is 0 Å². The van der Waals surface area contributed by atoms with Crippen LogP contribution in [-0.4, -0.2) is 42.4 Å². The summed E-state index contributed by atoms with van der Waals surface area (Å²) in [5.74, 6) is 0.684. The molecule has 0 aliphatic heterocycles. The van der Waals surface area contributed by atoms with E-state index in [1.807, 2.05) is 6.92 Å². The van der Waals surface area contributed by atoms with Gasteiger partial charge >= 0.3 is 6.09 Å². The maximum atomic E-state index is 11.4. The fourth-order valence-electron chi connectivity index (χ4n) is 1.36. The molecule has 1 N–H and O–H groups in total. The van der Waals surface area contributed by atoms with Crippen molar-refractivity contribution in [2.45, 2.75) is 26.2 Å². The summed E-state index contributed by atoms with van der Waals surface area (Å²) in [7, 11) is 0. The average molecular weight is 201 g/mol. The van der Waals surface area contributed by atoms with Crippen LogP contribution in [0.2, 0.25) is 0 Å². The van der Waals surface area contributed by atoms with E-state index in [-0.39, 0.29) is 19.3 Å². The van der Waals surface area contributed by atoms with Gasteiger partial charge in [0.25, 0.3) is 0 Å². The molecule has 1 fully saturated rings. The summed E-state index contributed by atoms with van der Waals surface area (Å²) in [5, 5.41) is 8.53. The molecule has 0 saturated heterocycles. The van der Waals surface area contributed by atoms with Gasteiger partial charge in [-0.25, -0.2) is 4.79 Å². The van der Waals surface area contributed by atoms with Crippen LogP contribution in [0, 0.1) is 5.92 Å². The van der Waals surface area contributed by atoms with Crippen LogP contribution >= 0.6 is 0 Å². The highest BCUT2D eigenvalue weighted by Gasteiger charge is 2.26. The topological polar surface area (TPSA) is 49.8 Å². The molecule has 4 heteroatoms. The standard InChI is InChI=1S/C10H19NO3/c1-2-5-11(8-9-3-4-9)10(13)14-7-6-12/h9,12H,2-8H2,1H3. The minimum atomic E-state index is -0.284. The lowest BCUT2D eigenvalue weighted by atomic mass is 10.3. The van der Waals surface area contributed by atoms with Crippen LogP contribution in [0.5, 0.6) is 0 Å². The third-order valence-electron chi connectivity index (χ3n) is 2.24. The van der Waals surface area contributed by atoms with Crippen LogP contribution in [0.15, 0.2) is 0 Å². The summed E-state index contributed by atoms with van der Waals surface area (Å²) in [6.45, 7) is 3.61. The van der Waals surface area contributed by atoms with Crippen molar-refractivity contribution >= 4 is 6.09 Å². The van der Waals surface area contributed by atoms with Gasteiger partial charge in [-0.15, -0.1) is 0 Å². The lowest BCUT2D eigenvalue weighted by Crippen LogP contribution is -2.34. The van der Waals surface area contributed by atoms with Crippen LogP contribution in [0.3, 0.4) is 0 Å². The molecule has 4 nitrogen and oxygen atoms in total. The Kier molecular flexibility index (Phi) is 4.73. The van der Waals surface area contributed by atoms with Gasteiger partial charge in [0.2, 0.25) is 0 Å². The third kappa shape index (κ3) is 3.96. The Morgan fingerprint density at radius 2 is 2.29 bits per heavy atom. The summed E-state index contributed by atoms with van der Waals surface area (Å²) in [5.41, 5.74) is 0. The molecule has 1 saturated carbocycles. The Bertz CT molecular complexity index is 180. The Balaban J connectivity index is 2.26. The number of aliphatic hydroxyl groups is 1. The molecular weight excluding hydrogens is 182 g/mol. The Morgan fingerprint density at radius 1 is 1.57 bits per heavy atom. The number of carbonyl (C=O) groups excluding carboxylic acids is 1. The van der Waals surface area contributed by atoms with Gasteiger partial charge in [-0.05, 0) is 25.2 Å². The van der Waals surface area contributed by atoms with E-state index in [9.17, 15) is 4.79 Å². The molecule has 82 valence electrons. The SMILES string of the molecule is CCCN(CC1CC1)C(=O)OCCO. The number of amides is 1. The first kappa shape index (κ1) is 11.3. The first-order chi connectivity index (χ1) is 6.77. The van der Waals surface area contributed by atoms with Crippen LogP contribution in [0.1, 0.15) is 26.2 Å². The normalized spacial score (nSPS) is 15.3. The molecular formula is C10H19NO3. The second kappa shape index (κ2) is 5.86. The molecule has 1 rings (SSSR count). The average Bonchev–Trinajstić information content (AvgIpc) is 2.97. The number of ether oxygens (including phenoxy) is 1. The molecule has 0 spiro atoms. The molecule has 14 heavy (non-hydrogen) atoms. The zero-order valence-corrected chi connectivity index (χ0v) is 8.74. The Labute approximate surface area is 84.8 Å². The predicted molar refractivity (Wildman–Crippen MR) is 53.0 cm³/mol. The molecule has 0 atom stereocenters. The highest BCUT2D eigenvalue weighted by molar-refractivity contribution is 5.67. The van der Waals surface area contributed by atoms with E-state index < -0.39 is 0 Å². The third-order valence-corrected chi connectivity index (χ3v) is 2.24. The molecule has 0 radical (unpaired) electrons. The fraction of sp³-hybridized carbons (Fsp3) is 0.900. The van der Waals surface area contributed by atoms with E-state index in [0.717, 1.165) is 19.5 Å². The van der Waals surface area contributed by atoms with Crippen molar-refractivity contribution in [3.05, 3.63) is 0 Å². The Morgan fingerprint density at radius 3 is 2.79 bits per heavy atom. The van der Waals surface area contributed by atoms with E-state index in [1.54, 1.807) is 4.90 Å². The molecule has 0 heterocycles. The van der Waals surface area contributed by atoms with Crippen molar-refractivity contribution in [1.82, 2.24) is 4.90 Å². The van der Waals surface area contributed by atoms with Crippen LogP contribution in [0.25, 0.3) is 0 Å². The monoisotopic (exact) mass is 201 g/mol. The van der Waals surface area contributed by atoms with E-state index in [2.05, 4.69) is 0 Å². The lowest BCUT2D eigenvalue weighted by molar-refractivity contribution is 0.0828. The van der Waals surface area contributed by atoms with Gasteiger partial charge in [-0.2, -0.15) is 0 Å². The number of rotatable bonds is 6. The maximum Gasteiger partial charge on any atom is 0.409 e. The van der Waals surface area contributed by atoms with Gasteiger partial charge in [0, 0.05) is 13.1 Å². The van der Waals surface area contributed by atoms with Gasteiger partial charge in [0.1, 0.15) is 6.61 Å². The highest BCUT2D eigenvalue weighted by atomic mass is 16.6. The van der Waals surface area contributed by atoms with E-state index in [0.29, 0.717) is 5.92 Å². The van der Waals surface area contributed by atoms with Crippen molar-refractivity contribution in [3.63, 3.8) is 0 Å². The molecule has 1 aliphatic carbocycles. The Hall–Kier alpha value is -0.770. The van der Waals surface area contributed by atoms with Gasteiger partial charge < -0.3 is 14.7 Å². The lowest BCUT2D eigenvalue weighted by Gasteiger charge is -2.20. The molecule has 0 aromatic carbocycles. The van der Waals surface area contributed by atoms with Crippen molar-refractivity contribution < 1.29 is 14.6 Å². The van der Waals surface area contributed by atoms with Gasteiger partial charge in [-0.3, -0.25) is 0 Å². The number of hydrogen-bond acceptors (Lipinski definition) is 3. The summed E-state index contributed by atoms with van der Waals surface area (Å²) < 4.78 is 4.87. The van der Waals surface area contributed by atoms with E-state index >= 15 is 0 Å². The quantitative estimate of drug-likeness (QED) is 0.703. The first-order valence-corrected chi connectivity index (χ1v) is 5.30. The number of carbonyl (C=O) groups is 1. The summed E-state index contributed by atoms with van der Waals surface area (Å²) >= 11 is 0. The van der Waals surface area contributed by atoms with Crippen LogP contribution in [0.4, 0.5) is 4.79 Å². The minimum absolute atomic E-state index is 0.101. The molecule has 0 aromatic heterocycles. The van der Waals surface area contributed by atoms with Crippen molar-refractivity contribution in [3.8, 4) is 0 Å². The second-order valence-electron chi connectivity index (χ2n) is 3.73. The smallest absolute Gasteiger partial charge is 0.409 e. The summed E-state index contributed by atoms with van der Waals surface area (Å²) in [4.78, 5) is 13.2. The van der Waals surface area contributed by atoms with Crippen molar-refractivity contribution in [2.75, 3.05) is 26.3 Å². The first-order valence-electron chi connectivity index (χ1n) is 5.30. The maximum absolute atomic E-state index is 11.4. The van der Waals surface area contributed by atoms with Crippen molar-refractivity contribution in [2.24, 2.45) is 5.92 Å². The number of aliphatic hydroxyl groups excluding tert-OH is 1. The molecule has 0 unspecified atom stereocenters. The zero-order valence-electron chi connectivity index (χ0n) is 8.74. The van der Waals surface area contributed by atoms with Crippen LogP contribution < -0.4 is 0 Å². The number of hydrogen-bond donors (Lipinski definition) is 1. The number of nitrogens with zero attached hydrogens (tertiary/aromatic N) is 1. The molecule has 0 aromatic rings.